The molecule has 0 radical (unpaired) electrons. The van der Waals surface area contributed by atoms with Crippen molar-refractivity contribution < 1.29 is 13.9 Å². The Bertz CT molecular complexity index is 828. The third-order valence-corrected chi connectivity index (χ3v) is 3.59. The largest absolute Gasteiger partial charge is 0.497 e. The molecule has 2 aromatic carbocycles. The van der Waals surface area contributed by atoms with Crippen LogP contribution in [0.2, 0.25) is 0 Å². The van der Waals surface area contributed by atoms with Crippen LogP contribution in [-0.2, 0) is 0 Å². The lowest BCUT2D eigenvalue weighted by molar-refractivity contribution is 0.101. The smallest absolute Gasteiger partial charge is 0.228 e. The molecular weight excluding hydrogens is 264 g/mol. The van der Waals surface area contributed by atoms with Gasteiger partial charge in [-0.1, -0.05) is 17.7 Å². The van der Waals surface area contributed by atoms with Gasteiger partial charge in [-0.15, -0.1) is 0 Å². The third-order valence-electron chi connectivity index (χ3n) is 3.59. The first-order chi connectivity index (χ1) is 10.1. The first-order valence-electron chi connectivity index (χ1n) is 6.78. The monoisotopic (exact) mass is 280 g/mol. The summed E-state index contributed by atoms with van der Waals surface area (Å²) in [6.07, 6.45) is 0. The van der Waals surface area contributed by atoms with Gasteiger partial charge in [-0.3, -0.25) is 4.79 Å². The number of ketones is 1. The van der Waals surface area contributed by atoms with Crippen molar-refractivity contribution in [2.24, 2.45) is 0 Å². The fourth-order valence-electron chi connectivity index (χ4n) is 2.36. The molecule has 21 heavy (non-hydrogen) atoms. The Balaban J connectivity index is 2.07. The average molecular weight is 280 g/mol. The topological polar surface area (TPSA) is 39.4 Å². The second kappa shape index (κ2) is 5.09. The van der Waals surface area contributed by atoms with Crippen molar-refractivity contribution in [2.45, 2.75) is 13.8 Å². The lowest BCUT2D eigenvalue weighted by Gasteiger charge is -2.03. The molecule has 0 bridgehead atoms. The molecule has 3 rings (SSSR count). The average Bonchev–Trinajstić information content (AvgIpc) is 2.91. The van der Waals surface area contributed by atoms with E-state index in [2.05, 4.69) is 0 Å². The number of hydrogen-bond acceptors (Lipinski definition) is 3. The Morgan fingerprint density at radius 1 is 1.05 bits per heavy atom. The predicted octanol–water partition coefficient (Wildman–Crippen LogP) is 4.29. The summed E-state index contributed by atoms with van der Waals surface area (Å²) in [5.41, 5.74) is 3.34. The number of ether oxygens (including phenoxy) is 1. The number of benzene rings is 2. The summed E-state index contributed by atoms with van der Waals surface area (Å²) in [5.74, 6) is 0.973. The molecule has 0 N–H and O–H groups in total. The van der Waals surface area contributed by atoms with Crippen molar-refractivity contribution >= 4 is 16.8 Å². The molecule has 0 spiro atoms. The summed E-state index contributed by atoms with van der Waals surface area (Å²) in [6.45, 7) is 3.90. The number of carbonyl (C=O) groups is 1. The highest BCUT2D eigenvalue weighted by atomic mass is 16.5. The molecule has 3 aromatic rings. The number of methoxy groups -OCH3 is 1. The quantitative estimate of drug-likeness (QED) is 0.672. The molecule has 0 saturated carbocycles. The molecule has 0 aliphatic carbocycles. The van der Waals surface area contributed by atoms with Gasteiger partial charge in [0.1, 0.15) is 11.3 Å². The van der Waals surface area contributed by atoms with Gasteiger partial charge in [-0.2, -0.15) is 0 Å². The number of fused-ring (bicyclic) bond motifs is 1. The van der Waals surface area contributed by atoms with Crippen LogP contribution in [0.4, 0.5) is 0 Å². The minimum atomic E-state index is -0.0913. The standard InChI is InChI=1S/C18H16O3/c1-11-4-5-12(2)15(8-11)18(19)17-9-13-6-7-14(20-3)10-16(13)21-17/h4-10H,1-3H3. The Morgan fingerprint density at radius 2 is 1.86 bits per heavy atom. The summed E-state index contributed by atoms with van der Waals surface area (Å²) in [4.78, 5) is 12.6. The van der Waals surface area contributed by atoms with Crippen LogP contribution < -0.4 is 4.74 Å². The zero-order chi connectivity index (χ0) is 15.0. The predicted molar refractivity (Wildman–Crippen MR) is 82.1 cm³/mol. The van der Waals surface area contributed by atoms with Gasteiger partial charge in [0.25, 0.3) is 0 Å². The number of furan rings is 1. The Hall–Kier alpha value is -2.55. The van der Waals surface area contributed by atoms with Gasteiger partial charge >= 0.3 is 0 Å². The van der Waals surface area contributed by atoms with Gasteiger partial charge in [0.2, 0.25) is 5.78 Å². The summed E-state index contributed by atoms with van der Waals surface area (Å²) in [6, 6.07) is 13.1. The maximum atomic E-state index is 12.6. The normalized spacial score (nSPS) is 10.8. The fourth-order valence-corrected chi connectivity index (χ4v) is 2.36. The van der Waals surface area contributed by atoms with E-state index in [1.54, 1.807) is 19.2 Å². The van der Waals surface area contributed by atoms with Crippen LogP contribution in [0.5, 0.6) is 5.75 Å². The summed E-state index contributed by atoms with van der Waals surface area (Å²) >= 11 is 0. The van der Waals surface area contributed by atoms with E-state index in [1.807, 2.05) is 44.2 Å². The van der Waals surface area contributed by atoms with Crippen molar-refractivity contribution in [3.8, 4) is 5.75 Å². The molecule has 3 heteroatoms. The van der Waals surface area contributed by atoms with Crippen LogP contribution in [0.1, 0.15) is 27.2 Å². The van der Waals surface area contributed by atoms with Crippen LogP contribution in [0, 0.1) is 13.8 Å². The van der Waals surface area contributed by atoms with E-state index in [0.717, 1.165) is 16.5 Å². The van der Waals surface area contributed by atoms with Crippen LogP contribution in [0.15, 0.2) is 46.9 Å². The van der Waals surface area contributed by atoms with E-state index in [-0.39, 0.29) is 5.78 Å². The van der Waals surface area contributed by atoms with Gasteiger partial charge in [0.15, 0.2) is 5.76 Å². The molecule has 1 aromatic heterocycles. The number of aryl methyl sites for hydroxylation is 2. The van der Waals surface area contributed by atoms with Crippen LogP contribution in [-0.4, -0.2) is 12.9 Å². The highest BCUT2D eigenvalue weighted by Crippen LogP contribution is 2.26. The van der Waals surface area contributed by atoms with E-state index in [4.69, 9.17) is 9.15 Å². The van der Waals surface area contributed by atoms with E-state index in [1.165, 1.54) is 0 Å². The fraction of sp³-hybridized carbons (Fsp3) is 0.167. The maximum Gasteiger partial charge on any atom is 0.228 e. The molecule has 0 amide bonds. The van der Waals surface area contributed by atoms with Crippen LogP contribution in [0.25, 0.3) is 11.0 Å². The minimum Gasteiger partial charge on any atom is -0.497 e. The first kappa shape index (κ1) is 13.4. The summed E-state index contributed by atoms with van der Waals surface area (Å²) in [5, 5.41) is 0.893. The highest BCUT2D eigenvalue weighted by Gasteiger charge is 2.17. The van der Waals surface area contributed by atoms with Gasteiger partial charge in [0.05, 0.1) is 7.11 Å². The second-order valence-electron chi connectivity index (χ2n) is 5.16. The molecule has 0 atom stereocenters. The van der Waals surface area contributed by atoms with Crippen LogP contribution in [0.3, 0.4) is 0 Å². The van der Waals surface area contributed by atoms with Gasteiger partial charge in [0, 0.05) is 17.0 Å². The summed E-state index contributed by atoms with van der Waals surface area (Å²) in [7, 11) is 1.60. The van der Waals surface area contributed by atoms with Gasteiger partial charge in [-0.25, -0.2) is 0 Å². The number of hydrogen-bond donors (Lipinski definition) is 0. The second-order valence-corrected chi connectivity index (χ2v) is 5.16. The van der Waals surface area contributed by atoms with E-state index in [9.17, 15) is 4.79 Å². The molecule has 0 aliphatic rings. The number of rotatable bonds is 3. The molecule has 0 fully saturated rings. The van der Waals surface area contributed by atoms with Crippen molar-refractivity contribution in [3.63, 3.8) is 0 Å². The van der Waals surface area contributed by atoms with Gasteiger partial charge < -0.3 is 9.15 Å². The lowest BCUT2D eigenvalue weighted by Crippen LogP contribution is -2.02. The van der Waals surface area contributed by atoms with E-state index in [0.29, 0.717) is 22.7 Å². The van der Waals surface area contributed by atoms with E-state index >= 15 is 0 Å². The molecule has 0 saturated heterocycles. The third kappa shape index (κ3) is 2.42. The van der Waals surface area contributed by atoms with E-state index < -0.39 is 0 Å². The number of carbonyl (C=O) groups excluding carboxylic acids is 1. The highest BCUT2D eigenvalue weighted by molar-refractivity contribution is 6.10. The zero-order valence-corrected chi connectivity index (χ0v) is 12.3. The van der Waals surface area contributed by atoms with Gasteiger partial charge in [-0.05, 0) is 43.7 Å². The molecule has 106 valence electrons. The van der Waals surface area contributed by atoms with Crippen LogP contribution >= 0.6 is 0 Å². The maximum absolute atomic E-state index is 12.6. The van der Waals surface area contributed by atoms with Crippen molar-refractivity contribution in [2.75, 3.05) is 7.11 Å². The van der Waals surface area contributed by atoms with Crippen molar-refractivity contribution in [1.29, 1.82) is 0 Å². The molecule has 0 unspecified atom stereocenters. The zero-order valence-electron chi connectivity index (χ0n) is 12.3. The molecule has 1 heterocycles. The lowest BCUT2D eigenvalue weighted by atomic mass is 10.0. The summed E-state index contributed by atoms with van der Waals surface area (Å²) < 4.78 is 10.9. The SMILES string of the molecule is COc1ccc2cc(C(=O)c3cc(C)ccc3C)oc2c1. The minimum absolute atomic E-state index is 0.0913. The Morgan fingerprint density at radius 3 is 2.62 bits per heavy atom. The van der Waals surface area contributed by atoms with Crippen molar-refractivity contribution in [1.82, 2.24) is 0 Å². The Labute approximate surface area is 123 Å². The molecule has 3 nitrogen and oxygen atoms in total. The van der Waals surface area contributed by atoms with Crippen molar-refractivity contribution in [3.05, 3.63) is 64.9 Å². The Kier molecular flexibility index (Phi) is 3.26. The molecular formula is C18H16O3. The molecule has 0 aliphatic heterocycles. The first-order valence-corrected chi connectivity index (χ1v) is 6.78.